The van der Waals surface area contributed by atoms with Crippen molar-refractivity contribution in [1.29, 1.82) is 0 Å². The maximum Gasteiger partial charge on any atom is 0.262 e. The first-order valence-corrected chi connectivity index (χ1v) is 10.7. The van der Waals surface area contributed by atoms with E-state index in [1.165, 1.54) is 22.5 Å². The van der Waals surface area contributed by atoms with Crippen LogP contribution < -0.4 is 4.90 Å². The van der Waals surface area contributed by atoms with Crippen molar-refractivity contribution in [1.82, 2.24) is 4.31 Å². The van der Waals surface area contributed by atoms with Gasteiger partial charge in [0.05, 0.1) is 10.5 Å². The molecule has 1 fully saturated rings. The van der Waals surface area contributed by atoms with Crippen molar-refractivity contribution in [2.75, 3.05) is 24.5 Å². The number of amides is 1. The number of carbonyl (C=O) groups is 1. The molecule has 0 atom stereocenters. The number of aromatic hydroxyl groups is 1. The number of carbonyl (C=O) groups excluding carboxylic acids is 1. The van der Waals surface area contributed by atoms with E-state index in [2.05, 4.69) is 0 Å². The maximum absolute atomic E-state index is 13.1. The zero-order chi connectivity index (χ0) is 19.0. The Kier molecular flexibility index (Phi) is 4.65. The van der Waals surface area contributed by atoms with Gasteiger partial charge in [-0.2, -0.15) is 4.31 Å². The van der Waals surface area contributed by atoms with Crippen molar-refractivity contribution in [3.8, 4) is 5.75 Å². The van der Waals surface area contributed by atoms with Crippen LogP contribution in [0.4, 0.5) is 5.69 Å². The quantitative estimate of drug-likeness (QED) is 0.880. The highest BCUT2D eigenvalue weighted by atomic mass is 32.2. The second-order valence-corrected chi connectivity index (χ2v) is 8.92. The highest BCUT2D eigenvalue weighted by Gasteiger charge is 2.30. The summed E-state index contributed by atoms with van der Waals surface area (Å²) in [5, 5.41) is 10.3. The van der Waals surface area contributed by atoms with Gasteiger partial charge in [-0.3, -0.25) is 4.79 Å². The fourth-order valence-electron chi connectivity index (χ4n) is 3.81. The van der Waals surface area contributed by atoms with Crippen molar-refractivity contribution in [2.45, 2.75) is 30.6 Å². The smallest absolute Gasteiger partial charge is 0.262 e. The van der Waals surface area contributed by atoms with Crippen molar-refractivity contribution in [2.24, 2.45) is 0 Å². The minimum Gasteiger partial charge on any atom is -0.507 e. The molecule has 0 aliphatic carbocycles. The van der Waals surface area contributed by atoms with E-state index in [1.807, 2.05) is 24.3 Å². The van der Waals surface area contributed by atoms with Crippen LogP contribution in [-0.4, -0.2) is 43.4 Å². The molecule has 6 nitrogen and oxygen atoms in total. The molecule has 1 amide bonds. The van der Waals surface area contributed by atoms with Crippen LogP contribution in [0, 0.1) is 0 Å². The summed E-state index contributed by atoms with van der Waals surface area (Å²) in [5.41, 5.74) is 1.92. The molecule has 2 aromatic rings. The van der Waals surface area contributed by atoms with Crippen molar-refractivity contribution in [3.05, 3.63) is 53.6 Å². The zero-order valence-electron chi connectivity index (χ0n) is 15.0. The number of anilines is 1. The molecule has 4 rings (SSSR count). The number of nitrogens with zero attached hydrogens (tertiary/aromatic N) is 2. The Morgan fingerprint density at radius 1 is 0.963 bits per heavy atom. The topological polar surface area (TPSA) is 77.9 Å². The third kappa shape index (κ3) is 3.21. The third-order valence-electron chi connectivity index (χ3n) is 5.26. The van der Waals surface area contributed by atoms with Crippen molar-refractivity contribution in [3.63, 3.8) is 0 Å². The Morgan fingerprint density at radius 2 is 1.70 bits per heavy atom. The summed E-state index contributed by atoms with van der Waals surface area (Å²) in [6.45, 7) is 1.52. The van der Waals surface area contributed by atoms with Crippen LogP contribution in [0.15, 0.2) is 47.4 Å². The molecule has 0 saturated carbocycles. The van der Waals surface area contributed by atoms with Crippen LogP contribution in [0.3, 0.4) is 0 Å². The van der Waals surface area contributed by atoms with Crippen LogP contribution in [0.1, 0.15) is 35.2 Å². The standard InChI is InChI=1S/C20H22N2O4S/c23-19-10-9-16(27(25,26)21-11-3-4-12-21)14-17(19)20(24)22-13-5-7-15-6-1-2-8-18(15)22/h1-2,6,8-10,14,23H,3-5,7,11-13H2. The number of rotatable bonds is 3. The van der Waals surface area contributed by atoms with E-state index in [-0.39, 0.29) is 22.1 Å². The van der Waals surface area contributed by atoms with E-state index < -0.39 is 10.0 Å². The van der Waals surface area contributed by atoms with Gasteiger partial charge >= 0.3 is 0 Å². The summed E-state index contributed by atoms with van der Waals surface area (Å²) in [6.07, 6.45) is 3.41. The number of fused-ring (bicyclic) bond motifs is 1. The third-order valence-corrected chi connectivity index (χ3v) is 7.15. The van der Waals surface area contributed by atoms with E-state index in [0.717, 1.165) is 36.9 Å². The van der Waals surface area contributed by atoms with E-state index in [0.29, 0.717) is 19.6 Å². The molecule has 27 heavy (non-hydrogen) atoms. The predicted molar refractivity (Wildman–Crippen MR) is 103 cm³/mol. The lowest BCUT2D eigenvalue weighted by Crippen LogP contribution is -2.35. The number of sulfonamides is 1. The number of hydrogen-bond donors (Lipinski definition) is 1. The van der Waals surface area contributed by atoms with Crippen LogP contribution in [-0.2, 0) is 16.4 Å². The molecular formula is C20H22N2O4S. The number of benzene rings is 2. The molecule has 2 aliphatic heterocycles. The molecule has 2 aliphatic rings. The molecule has 0 bridgehead atoms. The van der Waals surface area contributed by atoms with Gasteiger partial charge in [0.15, 0.2) is 0 Å². The Morgan fingerprint density at radius 3 is 2.48 bits per heavy atom. The van der Waals surface area contributed by atoms with E-state index in [9.17, 15) is 18.3 Å². The Balaban J connectivity index is 1.71. The number of para-hydroxylation sites is 1. The first kappa shape index (κ1) is 18.0. The first-order chi connectivity index (χ1) is 13.0. The van der Waals surface area contributed by atoms with Crippen LogP contribution >= 0.6 is 0 Å². The number of phenols is 1. The van der Waals surface area contributed by atoms with E-state index in [4.69, 9.17) is 0 Å². The van der Waals surface area contributed by atoms with Gasteiger partial charge in [-0.05, 0) is 55.5 Å². The largest absolute Gasteiger partial charge is 0.507 e. The van der Waals surface area contributed by atoms with Crippen LogP contribution in [0.5, 0.6) is 5.75 Å². The molecule has 1 N–H and O–H groups in total. The molecule has 0 aromatic heterocycles. The summed E-state index contributed by atoms with van der Waals surface area (Å²) >= 11 is 0. The fraction of sp³-hybridized carbons (Fsp3) is 0.350. The molecule has 0 radical (unpaired) electrons. The molecule has 142 valence electrons. The van der Waals surface area contributed by atoms with Gasteiger partial charge < -0.3 is 10.0 Å². The van der Waals surface area contributed by atoms with Gasteiger partial charge in [0.25, 0.3) is 5.91 Å². The van der Waals surface area contributed by atoms with Crippen LogP contribution in [0.25, 0.3) is 0 Å². The van der Waals surface area contributed by atoms with Crippen molar-refractivity contribution >= 4 is 21.6 Å². The monoisotopic (exact) mass is 386 g/mol. The number of phenolic OH excluding ortho intramolecular Hbond substituents is 1. The molecule has 2 aromatic carbocycles. The second-order valence-electron chi connectivity index (χ2n) is 6.98. The van der Waals surface area contributed by atoms with E-state index in [1.54, 1.807) is 4.90 Å². The van der Waals surface area contributed by atoms with Gasteiger partial charge in [-0.15, -0.1) is 0 Å². The Hall–Kier alpha value is -2.38. The molecule has 7 heteroatoms. The highest BCUT2D eigenvalue weighted by Crippen LogP contribution is 2.31. The van der Waals surface area contributed by atoms with Gasteiger partial charge in [0, 0.05) is 25.3 Å². The lowest BCUT2D eigenvalue weighted by molar-refractivity contribution is 0.0982. The molecule has 2 heterocycles. The number of hydrogen-bond acceptors (Lipinski definition) is 4. The second kappa shape index (κ2) is 6.98. The van der Waals surface area contributed by atoms with Crippen molar-refractivity contribution < 1.29 is 18.3 Å². The van der Waals surface area contributed by atoms with E-state index >= 15 is 0 Å². The molecule has 1 saturated heterocycles. The van der Waals surface area contributed by atoms with Crippen LogP contribution in [0.2, 0.25) is 0 Å². The molecule has 0 unspecified atom stereocenters. The summed E-state index contributed by atoms with van der Waals surface area (Å²) in [6, 6.07) is 11.7. The minimum atomic E-state index is -3.65. The summed E-state index contributed by atoms with van der Waals surface area (Å²) in [4.78, 5) is 14.8. The fourth-order valence-corrected chi connectivity index (χ4v) is 5.36. The Labute approximate surface area is 159 Å². The lowest BCUT2D eigenvalue weighted by Gasteiger charge is -2.29. The van der Waals surface area contributed by atoms with Gasteiger partial charge in [-0.25, -0.2) is 8.42 Å². The molecular weight excluding hydrogens is 364 g/mol. The van der Waals surface area contributed by atoms with Gasteiger partial charge in [0.1, 0.15) is 5.75 Å². The first-order valence-electron chi connectivity index (χ1n) is 9.21. The van der Waals surface area contributed by atoms with Gasteiger partial charge in [-0.1, -0.05) is 18.2 Å². The predicted octanol–water partition coefficient (Wildman–Crippen LogP) is 2.77. The summed E-state index contributed by atoms with van der Waals surface area (Å²) in [7, 11) is -3.65. The SMILES string of the molecule is O=C(c1cc(S(=O)(=O)N2CCCC2)ccc1O)N1CCCc2ccccc21. The average molecular weight is 386 g/mol. The number of aryl methyl sites for hydroxylation is 1. The summed E-state index contributed by atoms with van der Waals surface area (Å²) in [5.74, 6) is -0.582. The summed E-state index contributed by atoms with van der Waals surface area (Å²) < 4.78 is 27.1. The minimum absolute atomic E-state index is 0.0203. The lowest BCUT2D eigenvalue weighted by atomic mass is 10.0. The molecule has 0 spiro atoms. The van der Waals surface area contributed by atoms with Gasteiger partial charge in [0.2, 0.25) is 10.0 Å². The normalized spacial score (nSPS) is 17.7. The Bertz CT molecular complexity index is 981. The average Bonchev–Trinajstić information content (AvgIpc) is 3.23. The highest BCUT2D eigenvalue weighted by molar-refractivity contribution is 7.89. The zero-order valence-corrected chi connectivity index (χ0v) is 15.8. The maximum atomic E-state index is 13.1.